The molecule has 0 bridgehead atoms. The molecule has 1 fully saturated rings. The maximum Gasteiger partial charge on any atom is 0.266 e. The SMILES string of the molecule is Cc1cc(CN2CCC(N(C)c3cc(F)c(S(=O)(=O)Nc4cscn4)cc3Cl)C2)ccc1F. The molecule has 4 rings (SSSR count). The Morgan fingerprint density at radius 3 is 2.76 bits per heavy atom. The number of sulfonamides is 1. The van der Waals surface area contributed by atoms with Crippen LogP contribution in [0.3, 0.4) is 0 Å². The first-order chi connectivity index (χ1) is 15.6. The van der Waals surface area contributed by atoms with Gasteiger partial charge in [0.2, 0.25) is 0 Å². The number of thiazole rings is 1. The lowest BCUT2D eigenvalue weighted by Crippen LogP contribution is -2.34. The highest BCUT2D eigenvalue weighted by molar-refractivity contribution is 7.92. The van der Waals surface area contributed by atoms with Crippen LogP contribution in [0.25, 0.3) is 0 Å². The Bertz CT molecular complexity index is 1260. The summed E-state index contributed by atoms with van der Waals surface area (Å²) in [4.78, 5) is 7.46. The minimum Gasteiger partial charge on any atom is -0.369 e. The number of benzene rings is 2. The Morgan fingerprint density at radius 1 is 1.27 bits per heavy atom. The van der Waals surface area contributed by atoms with Gasteiger partial charge in [0.05, 0.1) is 16.2 Å². The Balaban J connectivity index is 1.47. The van der Waals surface area contributed by atoms with Gasteiger partial charge in [-0.05, 0) is 36.6 Å². The van der Waals surface area contributed by atoms with Gasteiger partial charge in [0.25, 0.3) is 10.0 Å². The van der Waals surface area contributed by atoms with Crippen molar-refractivity contribution in [2.75, 3.05) is 29.8 Å². The first-order valence-electron chi connectivity index (χ1n) is 10.2. The van der Waals surface area contributed by atoms with Crippen molar-refractivity contribution < 1.29 is 17.2 Å². The lowest BCUT2D eigenvalue weighted by Gasteiger charge is -2.28. The van der Waals surface area contributed by atoms with Gasteiger partial charge in [-0.2, -0.15) is 0 Å². The zero-order valence-corrected chi connectivity index (χ0v) is 20.4. The average molecular weight is 513 g/mol. The fraction of sp³-hybridized carbons (Fsp3) is 0.318. The molecule has 0 radical (unpaired) electrons. The van der Waals surface area contributed by atoms with E-state index in [0.29, 0.717) is 17.8 Å². The van der Waals surface area contributed by atoms with Crippen LogP contribution in [-0.4, -0.2) is 44.5 Å². The summed E-state index contributed by atoms with van der Waals surface area (Å²) in [6.45, 7) is 3.98. The molecule has 1 aliphatic heterocycles. The second kappa shape index (κ2) is 9.54. The molecule has 3 aromatic rings. The van der Waals surface area contributed by atoms with Crippen molar-refractivity contribution in [3.63, 3.8) is 0 Å². The van der Waals surface area contributed by atoms with Crippen LogP contribution in [0.15, 0.2) is 46.1 Å². The maximum absolute atomic E-state index is 14.9. The van der Waals surface area contributed by atoms with Crippen LogP contribution >= 0.6 is 22.9 Å². The van der Waals surface area contributed by atoms with Gasteiger partial charge in [-0.3, -0.25) is 9.62 Å². The maximum atomic E-state index is 14.9. The topological polar surface area (TPSA) is 65.5 Å². The van der Waals surface area contributed by atoms with Crippen molar-refractivity contribution in [2.24, 2.45) is 0 Å². The molecule has 0 saturated carbocycles. The number of rotatable bonds is 7. The van der Waals surface area contributed by atoms with Crippen LogP contribution in [0.5, 0.6) is 0 Å². The zero-order chi connectivity index (χ0) is 23.8. The third-order valence-electron chi connectivity index (χ3n) is 5.77. The number of likely N-dealkylation sites (tertiary alicyclic amines) is 1. The molecule has 2 aromatic carbocycles. The molecule has 1 aromatic heterocycles. The fourth-order valence-corrected chi connectivity index (χ4v) is 5.99. The molecule has 1 N–H and O–H groups in total. The molecular formula is C22H23ClF2N4O2S2. The van der Waals surface area contributed by atoms with Crippen LogP contribution in [0, 0.1) is 18.6 Å². The first-order valence-corrected chi connectivity index (χ1v) is 13.0. The van der Waals surface area contributed by atoms with Gasteiger partial charge >= 0.3 is 0 Å². The first kappa shape index (κ1) is 23.9. The summed E-state index contributed by atoms with van der Waals surface area (Å²) in [6.07, 6.45) is 0.833. The van der Waals surface area contributed by atoms with E-state index >= 15 is 0 Å². The summed E-state index contributed by atoms with van der Waals surface area (Å²) in [5, 5.41) is 1.66. The van der Waals surface area contributed by atoms with Crippen molar-refractivity contribution in [1.82, 2.24) is 9.88 Å². The molecule has 1 atom stereocenters. The predicted octanol–water partition coefficient (Wildman–Crippen LogP) is 4.89. The molecule has 11 heteroatoms. The highest BCUT2D eigenvalue weighted by Crippen LogP contribution is 2.33. The third kappa shape index (κ3) is 5.29. The lowest BCUT2D eigenvalue weighted by atomic mass is 10.1. The van der Waals surface area contributed by atoms with Crippen LogP contribution < -0.4 is 9.62 Å². The van der Waals surface area contributed by atoms with Gasteiger partial charge in [0, 0.05) is 44.2 Å². The average Bonchev–Trinajstić information content (AvgIpc) is 3.43. The molecule has 1 unspecified atom stereocenters. The Morgan fingerprint density at radius 2 is 2.06 bits per heavy atom. The van der Waals surface area contributed by atoms with Crippen molar-refractivity contribution in [3.8, 4) is 0 Å². The summed E-state index contributed by atoms with van der Waals surface area (Å²) in [6, 6.07) is 7.46. The van der Waals surface area contributed by atoms with E-state index in [1.807, 2.05) is 18.0 Å². The zero-order valence-electron chi connectivity index (χ0n) is 18.1. The predicted molar refractivity (Wildman–Crippen MR) is 128 cm³/mol. The molecule has 1 saturated heterocycles. The van der Waals surface area contributed by atoms with Crippen molar-refractivity contribution in [1.29, 1.82) is 0 Å². The van der Waals surface area contributed by atoms with Crippen LogP contribution in [0.4, 0.5) is 20.3 Å². The smallest absolute Gasteiger partial charge is 0.266 e. The Hall–Kier alpha value is -2.27. The van der Waals surface area contributed by atoms with Gasteiger partial charge in [-0.15, -0.1) is 11.3 Å². The molecule has 6 nitrogen and oxygen atoms in total. The molecule has 0 spiro atoms. The normalized spacial score (nSPS) is 16.8. The van der Waals surface area contributed by atoms with Crippen LogP contribution in [0.1, 0.15) is 17.5 Å². The highest BCUT2D eigenvalue weighted by atomic mass is 35.5. The van der Waals surface area contributed by atoms with E-state index in [2.05, 4.69) is 14.6 Å². The van der Waals surface area contributed by atoms with E-state index < -0.39 is 20.7 Å². The number of halogens is 3. The summed E-state index contributed by atoms with van der Waals surface area (Å²) < 4.78 is 55.8. The van der Waals surface area contributed by atoms with E-state index in [0.717, 1.165) is 37.2 Å². The second-order valence-electron chi connectivity index (χ2n) is 8.09. The third-order valence-corrected chi connectivity index (χ3v) is 8.02. The molecule has 1 aliphatic rings. The lowest BCUT2D eigenvalue weighted by molar-refractivity contribution is 0.325. The fourth-order valence-electron chi connectivity index (χ4n) is 3.98. The van der Waals surface area contributed by atoms with Crippen LogP contribution in [0.2, 0.25) is 5.02 Å². The number of anilines is 2. The standard InChI is InChI=1S/C22H23ClF2N4O2S2/c1-14-7-15(3-4-18(14)24)10-29-6-5-16(11-29)28(2)20-9-19(25)21(8-17(20)23)33(30,31)27-22-12-32-13-26-22/h3-4,7-9,12-13,16,27H,5-6,10-11H2,1-2H3. The largest absolute Gasteiger partial charge is 0.369 e. The van der Waals surface area contributed by atoms with Crippen molar-refractivity contribution in [3.05, 3.63) is 69.0 Å². The van der Waals surface area contributed by atoms with Gasteiger partial charge in [-0.1, -0.05) is 23.7 Å². The summed E-state index contributed by atoms with van der Waals surface area (Å²) in [5.74, 6) is -0.985. The van der Waals surface area contributed by atoms with E-state index in [9.17, 15) is 17.2 Å². The number of nitrogens with one attached hydrogen (secondary N) is 1. The van der Waals surface area contributed by atoms with E-state index in [-0.39, 0.29) is 22.7 Å². The molecule has 176 valence electrons. The summed E-state index contributed by atoms with van der Waals surface area (Å²) in [7, 11) is -2.35. The minimum absolute atomic E-state index is 0.0685. The number of hydrogen-bond acceptors (Lipinski definition) is 6. The van der Waals surface area contributed by atoms with Gasteiger partial charge in [0.1, 0.15) is 16.5 Å². The molecule has 0 amide bonds. The Kier molecular flexibility index (Phi) is 6.90. The number of aryl methyl sites for hydroxylation is 1. The Labute approximate surface area is 200 Å². The van der Waals surface area contributed by atoms with E-state index in [1.165, 1.54) is 28.3 Å². The monoisotopic (exact) mass is 512 g/mol. The molecule has 0 aliphatic carbocycles. The number of hydrogen-bond donors (Lipinski definition) is 1. The van der Waals surface area contributed by atoms with E-state index in [1.54, 1.807) is 13.0 Å². The highest BCUT2D eigenvalue weighted by Gasteiger charge is 2.29. The van der Waals surface area contributed by atoms with E-state index in [4.69, 9.17) is 11.6 Å². The quantitative estimate of drug-likeness (QED) is 0.488. The second-order valence-corrected chi connectivity index (χ2v) is 10.9. The summed E-state index contributed by atoms with van der Waals surface area (Å²) in [5.41, 5.74) is 3.54. The molecule has 2 heterocycles. The molecular weight excluding hydrogens is 490 g/mol. The van der Waals surface area contributed by atoms with Crippen molar-refractivity contribution in [2.45, 2.75) is 30.8 Å². The number of aromatic nitrogens is 1. The number of likely N-dealkylation sites (N-methyl/N-ethyl adjacent to an activating group) is 1. The van der Waals surface area contributed by atoms with Crippen LogP contribution in [-0.2, 0) is 16.6 Å². The molecule has 33 heavy (non-hydrogen) atoms. The van der Waals surface area contributed by atoms with Gasteiger partial charge < -0.3 is 4.90 Å². The van der Waals surface area contributed by atoms with Gasteiger partial charge in [0.15, 0.2) is 5.82 Å². The van der Waals surface area contributed by atoms with Crippen molar-refractivity contribution >= 4 is 44.5 Å². The number of nitrogens with zero attached hydrogens (tertiary/aromatic N) is 3. The van der Waals surface area contributed by atoms with Gasteiger partial charge in [-0.25, -0.2) is 22.2 Å². The minimum atomic E-state index is -4.17. The summed E-state index contributed by atoms with van der Waals surface area (Å²) >= 11 is 7.62.